The highest BCUT2D eigenvalue weighted by atomic mass is 127. The zero-order valence-corrected chi connectivity index (χ0v) is 11.8. The number of aliphatic hydroxyl groups is 1. The van der Waals surface area contributed by atoms with E-state index >= 15 is 0 Å². The van der Waals surface area contributed by atoms with Gasteiger partial charge in [-0.1, -0.05) is 32.1 Å². The fourth-order valence-corrected chi connectivity index (χ4v) is 2.44. The fraction of sp³-hybridized carbons (Fsp3) is 0.667. The largest absolute Gasteiger partial charge is 0.392 e. The molecule has 3 heteroatoms. The van der Waals surface area contributed by atoms with Crippen molar-refractivity contribution in [2.24, 2.45) is 11.3 Å². The van der Waals surface area contributed by atoms with Crippen molar-refractivity contribution >= 4 is 22.9 Å². The highest BCUT2D eigenvalue weighted by Crippen LogP contribution is 2.38. The molecule has 3 unspecified atom stereocenters. The van der Waals surface area contributed by atoms with Crippen molar-refractivity contribution in [1.82, 2.24) is 3.53 Å². The van der Waals surface area contributed by atoms with Crippen LogP contribution in [0.2, 0.25) is 0 Å². The molecule has 0 saturated heterocycles. The van der Waals surface area contributed by atoms with Crippen LogP contribution in [-0.2, 0) is 0 Å². The second-order valence-electron chi connectivity index (χ2n) is 4.67. The topological polar surface area (TPSA) is 32.3 Å². The standard InChI is InChI=1S/C12H20INO/c1-9(10(2)14-13)12(3)6-4-11(8-15)5-7-12/h4-6,9-10,14-15H,7-8H2,1-3H3. The van der Waals surface area contributed by atoms with Gasteiger partial charge in [-0.05, 0) is 30.3 Å². The quantitative estimate of drug-likeness (QED) is 0.616. The Kier molecular flexibility index (Phi) is 4.80. The van der Waals surface area contributed by atoms with Crippen molar-refractivity contribution in [3.05, 3.63) is 23.8 Å². The number of hydrogen-bond acceptors (Lipinski definition) is 2. The summed E-state index contributed by atoms with van der Waals surface area (Å²) in [6, 6.07) is 0.490. The van der Waals surface area contributed by atoms with Crippen LogP contribution in [0.5, 0.6) is 0 Å². The van der Waals surface area contributed by atoms with Crippen LogP contribution in [0.25, 0.3) is 0 Å². The molecule has 0 aromatic carbocycles. The summed E-state index contributed by atoms with van der Waals surface area (Å²) in [4.78, 5) is 0. The maximum atomic E-state index is 9.02. The second-order valence-corrected chi connectivity index (χ2v) is 5.29. The summed E-state index contributed by atoms with van der Waals surface area (Å²) in [5, 5.41) is 9.02. The minimum absolute atomic E-state index is 0.154. The molecular weight excluding hydrogens is 301 g/mol. The Morgan fingerprint density at radius 3 is 2.67 bits per heavy atom. The molecule has 2 N–H and O–H groups in total. The van der Waals surface area contributed by atoms with Crippen molar-refractivity contribution in [2.75, 3.05) is 6.61 Å². The van der Waals surface area contributed by atoms with E-state index in [1.165, 1.54) is 0 Å². The number of allylic oxidation sites excluding steroid dienone is 2. The minimum Gasteiger partial charge on any atom is -0.392 e. The Balaban J connectivity index is 2.71. The van der Waals surface area contributed by atoms with E-state index in [9.17, 15) is 0 Å². The number of halogens is 1. The summed E-state index contributed by atoms with van der Waals surface area (Å²) >= 11 is 2.21. The van der Waals surface area contributed by atoms with Crippen molar-refractivity contribution in [3.8, 4) is 0 Å². The van der Waals surface area contributed by atoms with Gasteiger partial charge in [0.1, 0.15) is 0 Å². The predicted octanol–water partition coefficient (Wildman–Crippen LogP) is 2.84. The molecule has 3 atom stereocenters. The lowest BCUT2D eigenvalue weighted by atomic mass is 9.70. The second kappa shape index (κ2) is 5.46. The average Bonchev–Trinajstić information content (AvgIpc) is 2.28. The van der Waals surface area contributed by atoms with E-state index in [4.69, 9.17) is 5.11 Å². The first-order chi connectivity index (χ1) is 7.03. The van der Waals surface area contributed by atoms with Gasteiger partial charge in [0.2, 0.25) is 0 Å². The minimum atomic E-state index is 0.154. The number of hydrogen-bond donors (Lipinski definition) is 2. The molecule has 1 rings (SSSR count). The predicted molar refractivity (Wildman–Crippen MR) is 72.8 cm³/mol. The molecule has 0 amide bonds. The first-order valence-electron chi connectivity index (χ1n) is 5.39. The molecule has 0 radical (unpaired) electrons. The highest BCUT2D eigenvalue weighted by Gasteiger charge is 2.32. The third-order valence-electron chi connectivity index (χ3n) is 3.63. The molecule has 1 aliphatic rings. The molecule has 0 fully saturated rings. The lowest BCUT2D eigenvalue weighted by Gasteiger charge is -2.37. The number of rotatable bonds is 4. The first kappa shape index (κ1) is 13.2. The maximum Gasteiger partial charge on any atom is 0.0678 e. The Labute approximate surface area is 106 Å². The van der Waals surface area contributed by atoms with E-state index in [0.29, 0.717) is 12.0 Å². The van der Waals surface area contributed by atoms with Gasteiger partial charge in [0.05, 0.1) is 6.61 Å². The van der Waals surface area contributed by atoms with Crippen LogP contribution in [0.15, 0.2) is 23.8 Å². The first-order valence-corrected chi connectivity index (χ1v) is 6.46. The summed E-state index contributed by atoms with van der Waals surface area (Å²) in [7, 11) is 0. The van der Waals surface area contributed by atoms with Crippen LogP contribution < -0.4 is 3.53 Å². The molecule has 86 valence electrons. The van der Waals surface area contributed by atoms with E-state index in [-0.39, 0.29) is 12.0 Å². The van der Waals surface area contributed by atoms with Crippen molar-refractivity contribution in [2.45, 2.75) is 33.2 Å². The lowest BCUT2D eigenvalue weighted by Crippen LogP contribution is -2.36. The van der Waals surface area contributed by atoms with Gasteiger partial charge in [-0.2, -0.15) is 0 Å². The smallest absolute Gasteiger partial charge is 0.0678 e. The van der Waals surface area contributed by atoms with Crippen LogP contribution in [0, 0.1) is 11.3 Å². The summed E-state index contributed by atoms with van der Waals surface area (Å²) in [6.45, 7) is 6.92. The molecule has 0 heterocycles. The van der Waals surface area contributed by atoms with Gasteiger partial charge in [-0.3, -0.25) is 3.53 Å². The molecule has 2 nitrogen and oxygen atoms in total. The average molecular weight is 321 g/mol. The molecule has 0 aromatic heterocycles. The zero-order valence-electron chi connectivity index (χ0n) is 9.63. The van der Waals surface area contributed by atoms with Gasteiger partial charge in [0.15, 0.2) is 0 Å². The van der Waals surface area contributed by atoms with Gasteiger partial charge in [0.25, 0.3) is 0 Å². The Bertz CT molecular complexity index is 275. The van der Waals surface area contributed by atoms with Gasteiger partial charge in [-0.25, -0.2) is 0 Å². The van der Waals surface area contributed by atoms with E-state index in [1.807, 2.05) is 0 Å². The lowest BCUT2D eigenvalue weighted by molar-refractivity contribution is 0.236. The molecule has 0 saturated carbocycles. The van der Waals surface area contributed by atoms with E-state index < -0.39 is 0 Å². The SMILES string of the molecule is CC(NI)C(C)C1(C)C=CC(CO)=CC1. The maximum absolute atomic E-state index is 9.02. The molecule has 0 bridgehead atoms. The van der Waals surface area contributed by atoms with Crippen LogP contribution in [0.1, 0.15) is 27.2 Å². The van der Waals surface area contributed by atoms with Crippen LogP contribution in [-0.4, -0.2) is 17.8 Å². The molecule has 1 aliphatic carbocycles. The number of nitrogens with one attached hydrogen (secondary N) is 1. The normalized spacial score (nSPS) is 29.8. The van der Waals surface area contributed by atoms with Crippen molar-refractivity contribution < 1.29 is 5.11 Å². The summed E-state index contributed by atoms with van der Waals surface area (Å²) < 4.78 is 3.28. The monoisotopic (exact) mass is 321 g/mol. The van der Waals surface area contributed by atoms with Crippen LogP contribution in [0.4, 0.5) is 0 Å². The molecule has 0 spiro atoms. The molecule has 0 aliphatic heterocycles. The van der Waals surface area contributed by atoms with E-state index in [1.54, 1.807) is 0 Å². The third-order valence-corrected chi connectivity index (χ3v) is 4.61. The Hall–Kier alpha value is 0.130. The van der Waals surface area contributed by atoms with Crippen molar-refractivity contribution in [3.63, 3.8) is 0 Å². The molecule has 0 aromatic rings. The Morgan fingerprint density at radius 2 is 2.27 bits per heavy atom. The fourth-order valence-electron chi connectivity index (χ4n) is 1.91. The van der Waals surface area contributed by atoms with Crippen LogP contribution >= 0.6 is 22.9 Å². The third kappa shape index (κ3) is 3.04. The summed E-state index contributed by atoms with van der Waals surface area (Å²) in [6.07, 6.45) is 7.47. The van der Waals surface area contributed by atoms with E-state index in [2.05, 4.69) is 65.4 Å². The van der Waals surface area contributed by atoms with Gasteiger partial charge in [0, 0.05) is 28.9 Å². The van der Waals surface area contributed by atoms with Gasteiger partial charge >= 0.3 is 0 Å². The van der Waals surface area contributed by atoms with Gasteiger partial charge < -0.3 is 5.11 Å². The number of aliphatic hydroxyl groups excluding tert-OH is 1. The van der Waals surface area contributed by atoms with E-state index in [0.717, 1.165) is 12.0 Å². The van der Waals surface area contributed by atoms with Crippen molar-refractivity contribution in [1.29, 1.82) is 0 Å². The molecular formula is C12H20INO. The van der Waals surface area contributed by atoms with Crippen LogP contribution in [0.3, 0.4) is 0 Å². The summed E-state index contributed by atoms with van der Waals surface area (Å²) in [5.74, 6) is 0.571. The summed E-state index contributed by atoms with van der Waals surface area (Å²) in [5.41, 5.74) is 1.24. The zero-order chi connectivity index (χ0) is 11.5. The van der Waals surface area contributed by atoms with Gasteiger partial charge in [-0.15, -0.1) is 0 Å². The highest BCUT2D eigenvalue weighted by molar-refractivity contribution is 14.1. The Morgan fingerprint density at radius 1 is 1.60 bits per heavy atom. The molecule has 15 heavy (non-hydrogen) atoms.